The fourth-order valence-corrected chi connectivity index (χ4v) is 0. The van der Waals surface area contributed by atoms with E-state index in [0.29, 0.717) is 6.42 Å². The van der Waals surface area contributed by atoms with Crippen LogP contribution in [0.1, 0.15) is 6.42 Å². The molecule has 0 aromatic carbocycles. The number of carbonyl (C=O) groups excluding carboxylic acids is 1. The number of aliphatic hydroxyl groups excluding tert-OH is 1. The quantitative estimate of drug-likeness (QED) is 0.559. The summed E-state index contributed by atoms with van der Waals surface area (Å²) in [5.74, 6) is 0. The van der Waals surface area contributed by atoms with E-state index in [1.54, 1.807) is 0 Å². The van der Waals surface area contributed by atoms with Crippen LogP contribution in [0.4, 0.5) is 0 Å². The maximum atomic E-state index is 9.11. The standard InChI is InChI=1S/C3H5O.CH3O.W/c1-2-3-4;1-2;/h3H,1-2H2;2H,1H2;/q2*-1;+2. The number of rotatable bonds is 1. The molecule has 0 radical (unpaired) electrons. The summed E-state index contributed by atoms with van der Waals surface area (Å²) in [6.45, 7) is 3.24. The summed E-state index contributed by atoms with van der Waals surface area (Å²) in [4.78, 5) is 9.11. The monoisotopic (exact) mass is 272 g/mol. The average molecular weight is 272 g/mol. The van der Waals surface area contributed by atoms with Gasteiger partial charge in [0, 0.05) is 0 Å². The van der Waals surface area contributed by atoms with E-state index in [0.717, 1.165) is 6.29 Å². The van der Waals surface area contributed by atoms with Gasteiger partial charge in [-0.25, -0.2) is 7.11 Å². The predicted octanol–water partition coefficient (Wildman–Crippen LogP) is 0.557. The molecule has 0 fully saturated rings. The second-order valence-electron chi connectivity index (χ2n) is 0.455. The van der Waals surface area contributed by atoms with Crippen LogP contribution in [-0.4, -0.2) is 11.4 Å². The van der Waals surface area contributed by atoms with Gasteiger partial charge in [0.1, 0.15) is 0 Å². The first-order valence-electron chi connectivity index (χ1n) is 1.46. The van der Waals surface area contributed by atoms with Crippen molar-refractivity contribution in [1.82, 2.24) is 0 Å². The second-order valence-corrected chi connectivity index (χ2v) is 0.455. The molecule has 0 aliphatic rings. The van der Waals surface area contributed by atoms with Crippen LogP contribution in [0, 0.1) is 14.0 Å². The van der Waals surface area contributed by atoms with Crippen LogP contribution in [0.3, 0.4) is 0 Å². The van der Waals surface area contributed by atoms with Gasteiger partial charge >= 0.3 is 21.1 Å². The third-order valence-corrected chi connectivity index (χ3v) is 0.118. The van der Waals surface area contributed by atoms with Crippen LogP contribution in [-0.2, 0) is 25.9 Å². The number of aliphatic hydroxyl groups is 1. The number of carbonyl (C=O) groups is 1. The van der Waals surface area contributed by atoms with E-state index in [1.165, 1.54) is 0 Å². The molecule has 42 valence electrons. The van der Waals surface area contributed by atoms with Gasteiger partial charge < -0.3 is 16.8 Å². The van der Waals surface area contributed by atoms with Gasteiger partial charge in [0.2, 0.25) is 0 Å². The zero-order valence-electron chi connectivity index (χ0n) is 3.96. The molecule has 2 nitrogen and oxygen atoms in total. The molecule has 0 bridgehead atoms. The number of hydrogen-bond acceptors (Lipinski definition) is 2. The van der Waals surface area contributed by atoms with Crippen LogP contribution >= 0.6 is 0 Å². The van der Waals surface area contributed by atoms with Gasteiger partial charge in [-0.3, -0.25) is 0 Å². The maximum absolute atomic E-state index is 9.11. The molecule has 0 heterocycles. The van der Waals surface area contributed by atoms with Crippen LogP contribution in [0.5, 0.6) is 0 Å². The zero-order chi connectivity index (χ0) is 5.41. The largest absolute Gasteiger partial charge is 2.00 e. The van der Waals surface area contributed by atoms with Crippen molar-refractivity contribution in [3.8, 4) is 0 Å². The molecule has 0 saturated carbocycles. The molecule has 0 saturated heterocycles. The molecule has 0 atom stereocenters. The SMILES string of the molecule is [CH2-]CC=O.[CH2-]O.[W+2]. The summed E-state index contributed by atoms with van der Waals surface area (Å²) < 4.78 is 0. The Bertz CT molecular complexity index is 23.7. The van der Waals surface area contributed by atoms with Gasteiger partial charge in [0.05, 0.1) is 6.29 Å². The van der Waals surface area contributed by atoms with E-state index in [1.807, 2.05) is 0 Å². The van der Waals surface area contributed by atoms with Crippen molar-refractivity contribution < 1.29 is 31.0 Å². The molecule has 3 heteroatoms. The molecule has 1 N–H and O–H groups in total. The van der Waals surface area contributed by atoms with Gasteiger partial charge in [-0.05, 0) is 0 Å². The molecule has 0 aliphatic heterocycles. The first kappa shape index (κ1) is 15.7. The zero-order valence-corrected chi connectivity index (χ0v) is 6.90. The van der Waals surface area contributed by atoms with Gasteiger partial charge in [-0.15, -0.1) is 6.42 Å². The van der Waals surface area contributed by atoms with Crippen LogP contribution in [0.2, 0.25) is 0 Å². The van der Waals surface area contributed by atoms with Gasteiger partial charge in [0.25, 0.3) is 0 Å². The summed E-state index contributed by atoms with van der Waals surface area (Å²) >= 11 is 0. The van der Waals surface area contributed by atoms with Crippen molar-refractivity contribution in [1.29, 1.82) is 0 Å². The Balaban J connectivity index is -0.0000000480. The average Bonchev–Trinajstić information content (AvgIpc) is 1.72. The maximum Gasteiger partial charge on any atom is 2.00 e. The van der Waals surface area contributed by atoms with Crippen LogP contribution in [0.25, 0.3) is 0 Å². The summed E-state index contributed by atoms with van der Waals surface area (Å²) in [6.07, 6.45) is 1.15. The number of aldehydes is 1. The normalized spacial score (nSPS) is 4.43. The minimum atomic E-state index is 0. The van der Waals surface area contributed by atoms with Crippen molar-refractivity contribution in [3.63, 3.8) is 0 Å². The topological polar surface area (TPSA) is 37.3 Å². The molecule has 0 aliphatic carbocycles. The fourth-order valence-electron chi connectivity index (χ4n) is 0. The van der Waals surface area contributed by atoms with Crippen LogP contribution in [0.15, 0.2) is 0 Å². The molecule has 0 spiro atoms. The minimum absolute atomic E-state index is 0. The third kappa shape index (κ3) is 67.8. The molecular weight excluding hydrogens is 264 g/mol. The van der Waals surface area contributed by atoms with E-state index >= 15 is 0 Å². The molecule has 0 aromatic heterocycles. The van der Waals surface area contributed by atoms with Crippen molar-refractivity contribution in [2.75, 3.05) is 0 Å². The summed E-state index contributed by atoms with van der Waals surface area (Å²) in [5, 5.41) is 6.75. The van der Waals surface area contributed by atoms with E-state index in [-0.39, 0.29) is 21.1 Å². The second kappa shape index (κ2) is 33.3. The van der Waals surface area contributed by atoms with E-state index < -0.39 is 0 Å². The summed E-state index contributed by atoms with van der Waals surface area (Å²) in [5.41, 5.74) is 0. The van der Waals surface area contributed by atoms with Gasteiger partial charge in [0.15, 0.2) is 0 Å². The Kier molecular flexibility index (Phi) is 74.4. The van der Waals surface area contributed by atoms with Crippen molar-refractivity contribution in [2.24, 2.45) is 0 Å². The first-order chi connectivity index (χ1) is 2.91. The Morgan fingerprint density at radius 3 is 1.71 bits per heavy atom. The van der Waals surface area contributed by atoms with Gasteiger partial charge in [-0.2, -0.15) is 0 Å². The summed E-state index contributed by atoms with van der Waals surface area (Å²) in [7, 11) is 2.25. The predicted molar refractivity (Wildman–Crippen MR) is 23.3 cm³/mol. The molecule has 7 heavy (non-hydrogen) atoms. The molecule has 0 amide bonds. The van der Waals surface area contributed by atoms with E-state index in [2.05, 4.69) is 14.0 Å². The molecule has 0 rings (SSSR count). The first-order valence-corrected chi connectivity index (χ1v) is 1.46. The molecular formula is C4H8O2W. The fraction of sp³-hybridized carbons (Fsp3) is 0.250. The third-order valence-electron chi connectivity index (χ3n) is 0.118. The molecule has 0 unspecified atom stereocenters. The Labute approximate surface area is 58.2 Å². The van der Waals surface area contributed by atoms with Crippen LogP contribution < -0.4 is 0 Å². The molecule has 0 aromatic rings. The number of hydrogen-bond donors (Lipinski definition) is 1. The van der Waals surface area contributed by atoms with Gasteiger partial charge in [-0.1, -0.05) is 0 Å². The van der Waals surface area contributed by atoms with E-state index in [4.69, 9.17) is 9.90 Å². The summed E-state index contributed by atoms with van der Waals surface area (Å²) in [6, 6.07) is 0. The Morgan fingerprint density at radius 2 is 1.71 bits per heavy atom. The smallest absolute Gasteiger partial charge is 0.569 e. The van der Waals surface area contributed by atoms with Crippen molar-refractivity contribution in [3.05, 3.63) is 14.0 Å². The van der Waals surface area contributed by atoms with E-state index in [9.17, 15) is 0 Å². The Morgan fingerprint density at radius 1 is 1.57 bits per heavy atom. The van der Waals surface area contributed by atoms with Crippen molar-refractivity contribution >= 4 is 6.29 Å². The Hall–Kier alpha value is 0.318. The minimum Gasteiger partial charge on any atom is -0.569 e. The van der Waals surface area contributed by atoms with Crippen molar-refractivity contribution in [2.45, 2.75) is 6.42 Å².